The molecular formula is C38H56N6O9. The molecule has 1 aliphatic carbocycles. The van der Waals surface area contributed by atoms with Crippen LogP contribution in [0.5, 0.6) is 0 Å². The molecule has 3 aliphatic rings. The molecule has 2 heterocycles. The highest BCUT2D eigenvalue weighted by atomic mass is 16.6. The van der Waals surface area contributed by atoms with Crippen LogP contribution in [0, 0.1) is 17.3 Å². The van der Waals surface area contributed by atoms with E-state index in [1.807, 2.05) is 13.8 Å². The van der Waals surface area contributed by atoms with Crippen LogP contribution < -0.4 is 21.3 Å². The molecule has 0 bridgehead atoms. The second kappa shape index (κ2) is 16.6. The maximum Gasteiger partial charge on any atom is 0.408 e. The van der Waals surface area contributed by atoms with Crippen LogP contribution in [0.3, 0.4) is 0 Å². The van der Waals surface area contributed by atoms with Crippen LogP contribution in [-0.2, 0) is 38.2 Å². The van der Waals surface area contributed by atoms with E-state index in [0.29, 0.717) is 12.0 Å². The van der Waals surface area contributed by atoms with Crippen molar-refractivity contribution in [2.75, 3.05) is 27.2 Å². The van der Waals surface area contributed by atoms with Gasteiger partial charge in [0.1, 0.15) is 18.1 Å². The monoisotopic (exact) mass is 740 g/mol. The number of carbonyl (C=O) groups excluding carboxylic acids is 7. The van der Waals surface area contributed by atoms with Gasteiger partial charge in [-0.15, -0.1) is 0 Å². The summed E-state index contributed by atoms with van der Waals surface area (Å²) >= 11 is 0. The van der Waals surface area contributed by atoms with Crippen molar-refractivity contribution in [2.24, 2.45) is 17.3 Å². The molecule has 4 N–H and O–H groups in total. The lowest BCUT2D eigenvalue weighted by Crippen LogP contribution is -2.60. The number of hydrogen-bond acceptors (Lipinski definition) is 9. The van der Waals surface area contributed by atoms with E-state index in [0.717, 1.165) is 12.8 Å². The predicted octanol–water partition coefficient (Wildman–Crippen LogP) is 1.85. The van der Waals surface area contributed by atoms with Crippen LogP contribution in [-0.4, -0.2) is 114 Å². The van der Waals surface area contributed by atoms with Gasteiger partial charge in [-0.25, -0.2) is 4.79 Å². The van der Waals surface area contributed by atoms with Gasteiger partial charge in [0.05, 0.1) is 30.4 Å². The number of nitrogens with zero attached hydrogens (tertiary/aromatic N) is 2. The Balaban J connectivity index is 1.49. The Morgan fingerprint density at radius 1 is 0.981 bits per heavy atom. The third-order valence-electron chi connectivity index (χ3n) is 9.72. The zero-order chi connectivity index (χ0) is 39.4. The number of rotatable bonds is 14. The number of Topliss-reactive ketones (excluding diaryl/α,β-unsaturated/α-hetero) is 1. The Morgan fingerprint density at radius 2 is 1.62 bits per heavy atom. The number of likely N-dealkylation sites (N-methyl/N-ethyl adjacent to an activating group) is 1. The van der Waals surface area contributed by atoms with Crippen molar-refractivity contribution in [1.29, 1.82) is 0 Å². The van der Waals surface area contributed by atoms with Gasteiger partial charge < -0.3 is 40.5 Å². The fourth-order valence-corrected chi connectivity index (χ4v) is 7.00. The van der Waals surface area contributed by atoms with E-state index in [9.17, 15) is 33.6 Å². The van der Waals surface area contributed by atoms with Crippen molar-refractivity contribution >= 4 is 41.4 Å². The third kappa shape index (κ3) is 10.8. The summed E-state index contributed by atoms with van der Waals surface area (Å²) in [6.45, 7) is 12.1. The zero-order valence-corrected chi connectivity index (χ0v) is 32.3. The summed E-state index contributed by atoms with van der Waals surface area (Å²) in [5.41, 5.74) is -0.777. The Labute approximate surface area is 311 Å². The van der Waals surface area contributed by atoms with E-state index in [1.165, 1.54) is 9.80 Å². The van der Waals surface area contributed by atoms with Crippen LogP contribution in [0.2, 0.25) is 0 Å². The van der Waals surface area contributed by atoms with E-state index in [1.54, 1.807) is 79.0 Å². The normalized spacial score (nSPS) is 22.2. The summed E-state index contributed by atoms with van der Waals surface area (Å²) in [6.07, 6.45) is 0.679. The minimum absolute atomic E-state index is 0.0929. The quantitative estimate of drug-likeness (QED) is 0.206. The number of alkyl carbamates (subject to hydrolysis) is 1. The molecule has 0 aromatic heterocycles. The largest absolute Gasteiger partial charge is 0.447 e. The minimum Gasteiger partial charge on any atom is -0.447 e. The topological polar surface area (TPSA) is 193 Å². The van der Waals surface area contributed by atoms with Gasteiger partial charge in [0.25, 0.3) is 5.91 Å². The molecule has 2 unspecified atom stereocenters. The second-order valence-electron chi connectivity index (χ2n) is 16.5. The average Bonchev–Trinajstić information content (AvgIpc) is 3.75. The first-order valence-corrected chi connectivity index (χ1v) is 18.3. The molecule has 6 amide bonds. The van der Waals surface area contributed by atoms with Crippen LogP contribution in [0.25, 0.3) is 0 Å². The standard InChI is InChI=1S/C38H56N6O9/c1-21(2)52-36(51)42-31(37(3,4)5)35(50)44-20-26-24(18-38(6,7)53-26)29(44)32(47)40-25(17-22-15-16-22)30(46)33(48)39-19-27(45)41-28(34(49)43(8)9)23-13-11-10-12-14-23/h10-14,21-22,24-26,28-29,31H,15-20H2,1-9H3,(H,39,48)(H,40,47)(H,41,45)(H,42,51)/t24-,25?,26-,28-,29?,31+/m0/s1. The number of likely N-dealkylation sites (tertiary alicyclic amines) is 1. The highest BCUT2D eigenvalue weighted by Crippen LogP contribution is 2.44. The van der Waals surface area contributed by atoms with Crippen molar-refractivity contribution in [3.63, 3.8) is 0 Å². The fourth-order valence-electron chi connectivity index (χ4n) is 7.00. The van der Waals surface area contributed by atoms with E-state index in [2.05, 4.69) is 21.3 Å². The number of amides is 6. The molecule has 15 heteroatoms. The predicted molar refractivity (Wildman–Crippen MR) is 194 cm³/mol. The molecule has 1 saturated carbocycles. The van der Waals surface area contributed by atoms with Gasteiger partial charge in [0.15, 0.2) is 0 Å². The van der Waals surface area contributed by atoms with E-state index < -0.39 is 95.4 Å². The first-order chi connectivity index (χ1) is 24.7. The second-order valence-corrected chi connectivity index (χ2v) is 16.5. The van der Waals surface area contributed by atoms with Gasteiger partial charge in [-0.3, -0.25) is 28.8 Å². The third-order valence-corrected chi connectivity index (χ3v) is 9.72. The lowest BCUT2D eigenvalue weighted by Gasteiger charge is -2.37. The highest BCUT2D eigenvalue weighted by molar-refractivity contribution is 6.38. The van der Waals surface area contributed by atoms with Gasteiger partial charge in [0.2, 0.25) is 29.4 Å². The molecule has 6 atom stereocenters. The first kappa shape index (κ1) is 41.2. The molecule has 1 aromatic carbocycles. The molecular weight excluding hydrogens is 684 g/mol. The minimum atomic E-state index is -1.21. The summed E-state index contributed by atoms with van der Waals surface area (Å²) in [5.74, 6) is -4.45. The molecule has 53 heavy (non-hydrogen) atoms. The van der Waals surface area contributed by atoms with Gasteiger partial charge >= 0.3 is 6.09 Å². The van der Waals surface area contributed by atoms with Crippen molar-refractivity contribution in [1.82, 2.24) is 31.1 Å². The van der Waals surface area contributed by atoms with Crippen LogP contribution >= 0.6 is 0 Å². The Hall–Kier alpha value is -4.53. The molecule has 3 fully saturated rings. The lowest BCUT2D eigenvalue weighted by molar-refractivity contribution is -0.145. The van der Waals surface area contributed by atoms with Crippen molar-refractivity contribution in [3.05, 3.63) is 35.9 Å². The number of ether oxygens (including phenoxy) is 2. The Bertz CT molecular complexity index is 1550. The summed E-state index contributed by atoms with van der Waals surface area (Å²) in [5, 5.41) is 10.4. The highest BCUT2D eigenvalue weighted by Gasteiger charge is 2.57. The summed E-state index contributed by atoms with van der Waals surface area (Å²) in [7, 11) is 3.12. The van der Waals surface area contributed by atoms with Gasteiger partial charge in [-0.05, 0) is 57.4 Å². The average molecular weight is 741 g/mol. The summed E-state index contributed by atoms with van der Waals surface area (Å²) < 4.78 is 11.5. The van der Waals surface area contributed by atoms with Crippen molar-refractivity contribution in [2.45, 2.75) is 116 Å². The number of nitrogens with one attached hydrogen (secondary N) is 4. The maximum absolute atomic E-state index is 14.3. The number of hydrogen-bond donors (Lipinski definition) is 4. The fraction of sp³-hybridized carbons (Fsp3) is 0.658. The van der Waals surface area contributed by atoms with Gasteiger partial charge in [0, 0.05) is 26.6 Å². The molecule has 4 rings (SSSR count). The maximum atomic E-state index is 14.3. The van der Waals surface area contributed by atoms with E-state index in [-0.39, 0.29) is 24.8 Å². The molecule has 292 valence electrons. The van der Waals surface area contributed by atoms with Gasteiger partial charge in [-0.1, -0.05) is 63.9 Å². The molecule has 2 saturated heterocycles. The van der Waals surface area contributed by atoms with Crippen LogP contribution in [0.1, 0.15) is 85.8 Å². The molecule has 15 nitrogen and oxygen atoms in total. The molecule has 2 aliphatic heterocycles. The molecule has 0 radical (unpaired) electrons. The lowest BCUT2D eigenvalue weighted by atomic mass is 9.85. The number of carbonyl (C=O) groups is 7. The van der Waals surface area contributed by atoms with Crippen LogP contribution in [0.15, 0.2) is 30.3 Å². The van der Waals surface area contributed by atoms with E-state index in [4.69, 9.17) is 9.47 Å². The first-order valence-electron chi connectivity index (χ1n) is 18.3. The summed E-state index contributed by atoms with van der Waals surface area (Å²) in [4.78, 5) is 96.6. The number of ketones is 1. The zero-order valence-electron chi connectivity index (χ0n) is 32.3. The van der Waals surface area contributed by atoms with Crippen molar-refractivity contribution < 1.29 is 43.0 Å². The Kier molecular flexibility index (Phi) is 13.0. The van der Waals surface area contributed by atoms with Crippen LogP contribution in [0.4, 0.5) is 4.79 Å². The van der Waals surface area contributed by atoms with Gasteiger partial charge in [-0.2, -0.15) is 0 Å². The smallest absolute Gasteiger partial charge is 0.408 e. The number of fused-ring (bicyclic) bond motifs is 1. The van der Waals surface area contributed by atoms with E-state index >= 15 is 0 Å². The summed E-state index contributed by atoms with van der Waals surface area (Å²) in [6, 6.07) is 4.32. The molecule has 0 spiro atoms. The van der Waals surface area contributed by atoms with Crippen molar-refractivity contribution in [3.8, 4) is 0 Å². The SMILES string of the molecule is CC(C)OC(=O)N[C@H](C(=O)N1C[C@@H]2OC(C)(C)C[C@@H]2C1C(=O)NC(CC1CC1)C(=O)C(=O)NCC(=O)N[C@H](C(=O)N(C)C)c1ccccc1)C(C)(C)C. The molecule has 1 aromatic rings. The Morgan fingerprint density at radius 3 is 2.19 bits per heavy atom. The number of benzene rings is 1.